The summed E-state index contributed by atoms with van der Waals surface area (Å²) in [4.78, 5) is 33.4. The Kier molecular flexibility index (Phi) is 7.57. The number of piperidine rings is 1. The molecule has 3 heterocycles. The molecule has 0 saturated carbocycles. The molecule has 1 N–H and O–H groups in total. The summed E-state index contributed by atoms with van der Waals surface area (Å²) in [7, 11) is 0. The molecule has 0 bridgehead atoms. The minimum absolute atomic E-state index is 0.0804. The van der Waals surface area contributed by atoms with Crippen molar-refractivity contribution in [3.8, 4) is 0 Å². The summed E-state index contributed by atoms with van der Waals surface area (Å²) >= 11 is 5.35. The highest BCUT2D eigenvalue weighted by Crippen LogP contribution is 2.31. The highest BCUT2D eigenvalue weighted by Gasteiger charge is 2.38. The number of thiocarbonyl (C=S) groups is 1. The number of likely N-dealkylation sites (tertiary alicyclic amines) is 1. The first kappa shape index (κ1) is 22.9. The van der Waals surface area contributed by atoms with E-state index in [1.54, 1.807) is 17.1 Å². The zero-order valence-electron chi connectivity index (χ0n) is 18.7. The van der Waals surface area contributed by atoms with Crippen molar-refractivity contribution in [2.75, 3.05) is 39.5 Å². The van der Waals surface area contributed by atoms with Crippen LogP contribution in [-0.4, -0.2) is 72.0 Å². The number of nitrogens with one attached hydrogen (secondary N) is 1. The summed E-state index contributed by atoms with van der Waals surface area (Å²) in [6.07, 6.45) is 8.93. The minimum Gasteiger partial charge on any atom is -0.454 e. The number of nitrogens with zero attached hydrogens (tertiary/aromatic N) is 3. The van der Waals surface area contributed by atoms with Crippen molar-refractivity contribution in [3.63, 3.8) is 0 Å². The molecule has 9 heteroatoms. The molecular weight excluding hydrogens is 428 g/mol. The second-order valence-electron chi connectivity index (χ2n) is 8.92. The van der Waals surface area contributed by atoms with Gasteiger partial charge in [-0.15, -0.1) is 0 Å². The van der Waals surface area contributed by atoms with Crippen LogP contribution in [0, 0.1) is 11.8 Å². The van der Waals surface area contributed by atoms with Gasteiger partial charge in [-0.05, 0) is 63.0 Å². The Morgan fingerprint density at radius 1 is 1.19 bits per heavy atom. The number of rotatable bonds is 9. The predicted octanol–water partition coefficient (Wildman–Crippen LogP) is 2.36. The normalized spacial score (nSPS) is 23.5. The molecular formula is C23H32N4O4S. The van der Waals surface area contributed by atoms with Gasteiger partial charge in [0.15, 0.2) is 11.5 Å². The quantitative estimate of drug-likeness (QED) is 0.420. The lowest BCUT2D eigenvalue weighted by Gasteiger charge is -2.30. The van der Waals surface area contributed by atoms with Crippen LogP contribution >= 0.6 is 12.2 Å². The van der Waals surface area contributed by atoms with Gasteiger partial charge >= 0.3 is 0 Å². The highest BCUT2D eigenvalue weighted by molar-refractivity contribution is 7.80. The van der Waals surface area contributed by atoms with E-state index < -0.39 is 5.92 Å². The van der Waals surface area contributed by atoms with Crippen LogP contribution in [0.4, 0.5) is 0 Å². The van der Waals surface area contributed by atoms with E-state index in [1.807, 2.05) is 0 Å². The average Bonchev–Trinajstić information content (AvgIpc) is 3.23. The van der Waals surface area contributed by atoms with E-state index >= 15 is 0 Å². The molecule has 1 unspecified atom stereocenters. The van der Waals surface area contributed by atoms with Crippen molar-refractivity contribution in [2.45, 2.75) is 45.4 Å². The monoisotopic (exact) mass is 460 g/mol. The van der Waals surface area contributed by atoms with Crippen molar-refractivity contribution in [1.29, 1.82) is 0 Å². The first-order chi connectivity index (χ1) is 15.5. The van der Waals surface area contributed by atoms with E-state index in [-0.39, 0.29) is 18.6 Å². The smallest absolute Gasteiger partial charge is 0.241 e. The Morgan fingerprint density at radius 2 is 1.97 bits per heavy atom. The van der Waals surface area contributed by atoms with Crippen LogP contribution in [0.2, 0.25) is 0 Å². The van der Waals surface area contributed by atoms with Crippen molar-refractivity contribution < 1.29 is 19.1 Å². The fraction of sp³-hybridized carbons (Fsp3) is 0.652. The van der Waals surface area contributed by atoms with Gasteiger partial charge in [0.05, 0.1) is 5.71 Å². The molecule has 4 rings (SSSR count). The van der Waals surface area contributed by atoms with Crippen LogP contribution in [0.15, 0.2) is 28.7 Å². The summed E-state index contributed by atoms with van der Waals surface area (Å²) in [5.41, 5.74) is 0.608. The summed E-state index contributed by atoms with van der Waals surface area (Å²) in [6.45, 7) is 6.89. The number of hydrogen-bond donors (Lipinski definition) is 1. The van der Waals surface area contributed by atoms with E-state index in [9.17, 15) is 9.59 Å². The molecule has 1 atom stereocenters. The SMILES string of the molecule is CC1CCN(CCNC(=O)CCCCCN2C(=O)C3C=C4OCOC4=CC3=NC2=S)CC1. The molecule has 8 nitrogen and oxygen atoms in total. The van der Waals surface area contributed by atoms with Crippen LogP contribution in [0.1, 0.15) is 45.4 Å². The Hall–Kier alpha value is -2.26. The number of allylic oxidation sites excluding steroid dienone is 1. The van der Waals surface area contributed by atoms with E-state index in [0.717, 1.165) is 44.8 Å². The Morgan fingerprint density at radius 3 is 2.78 bits per heavy atom. The topological polar surface area (TPSA) is 83.5 Å². The van der Waals surface area contributed by atoms with Gasteiger partial charge in [-0.1, -0.05) is 13.3 Å². The van der Waals surface area contributed by atoms with Gasteiger partial charge in [0.1, 0.15) is 5.92 Å². The third-order valence-electron chi connectivity index (χ3n) is 6.49. The maximum Gasteiger partial charge on any atom is 0.241 e. The van der Waals surface area contributed by atoms with E-state index in [4.69, 9.17) is 21.7 Å². The maximum atomic E-state index is 12.9. The first-order valence-corrected chi connectivity index (χ1v) is 12.0. The number of fused-ring (bicyclic) bond motifs is 2. The fourth-order valence-corrected chi connectivity index (χ4v) is 4.69. The molecule has 1 aliphatic carbocycles. The fourth-order valence-electron chi connectivity index (χ4n) is 4.40. The molecule has 4 aliphatic rings. The van der Waals surface area contributed by atoms with Crippen molar-refractivity contribution in [2.24, 2.45) is 16.8 Å². The number of hydrogen-bond acceptors (Lipinski definition) is 6. The zero-order valence-corrected chi connectivity index (χ0v) is 19.5. The second-order valence-corrected chi connectivity index (χ2v) is 9.28. The molecule has 0 aromatic carbocycles. The van der Waals surface area contributed by atoms with Crippen LogP contribution in [0.25, 0.3) is 0 Å². The van der Waals surface area contributed by atoms with Crippen LogP contribution in [0.3, 0.4) is 0 Å². The molecule has 174 valence electrons. The average molecular weight is 461 g/mol. The van der Waals surface area contributed by atoms with Crippen LogP contribution in [0.5, 0.6) is 0 Å². The molecule has 0 spiro atoms. The first-order valence-electron chi connectivity index (χ1n) is 11.6. The lowest BCUT2D eigenvalue weighted by atomic mass is 9.93. The molecule has 0 radical (unpaired) electrons. The molecule has 32 heavy (non-hydrogen) atoms. The molecule has 0 aromatic heterocycles. The number of carbonyl (C=O) groups excluding carboxylic acids is 2. The Bertz CT molecular complexity index is 845. The summed E-state index contributed by atoms with van der Waals surface area (Å²) in [5, 5.41) is 3.32. The van der Waals surface area contributed by atoms with Crippen molar-refractivity contribution in [3.05, 3.63) is 23.7 Å². The number of amides is 2. The van der Waals surface area contributed by atoms with Gasteiger partial charge in [-0.3, -0.25) is 14.5 Å². The number of aliphatic imine (C=N–C) groups is 1. The summed E-state index contributed by atoms with van der Waals surface area (Å²) < 4.78 is 10.7. The lowest BCUT2D eigenvalue weighted by Crippen LogP contribution is -2.46. The van der Waals surface area contributed by atoms with Crippen molar-refractivity contribution in [1.82, 2.24) is 15.1 Å². The van der Waals surface area contributed by atoms with Gasteiger partial charge in [0.2, 0.25) is 23.7 Å². The standard InChI is InChI=1S/C23H32N4O4S/c1-16-6-10-26(11-7-16)12-8-24-21(28)5-3-2-4-9-27-22(29)17-13-19-20(31-15-30-19)14-18(17)25-23(27)32/h13-14,16-17H,2-12,15H2,1H3,(H,24,28). The van der Waals surface area contributed by atoms with E-state index in [0.29, 0.717) is 41.9 Å². The summed E-state index contributed by atoms with van der Waals surface area (Å²) in [6, 6.07) is 0. The lowest BCUT2D eigenvalue weighted by molar-refractivity contribution is -0.128. The molecule has 0 aromatic rings. The molecule has 3 aliphatic heterocycles. The van der Waals surface area contributed by atoms with Gasteiger partial charge < -0.3 is 19.7 Å². The highest BCUT2D eigenvalue weighted by atomic mass is 32.1. The Balaban J connectivity index is 1.12. The van der Waals surface area contributed by atoms with Crippen LogP contribution in [-0.2, 0) is 19.1 Å². The zero-order chi connectivity index (χ0) is 22.5. The van der Waals surface area contributed by atoms with Gasteiger partial charge in [-0.25, -0.2) is 4.99 Å². The maximum absolute atomic E-state index is 12.9. The molecule has 2 amide bonds. The number of carbonyl (C=O) groups is 2. The van der Waals surface area contributed by atoms with Crippen molar-refractivity contribution >= 4 is 34.9 Å². The van der Waals surface area contributed by atoms with E-state index in [1.165, 1.54) is 12.8 Å². The number of ether oxygens (including phenoxy) is 2. The largest absolute Gasteiger partial charge is 0.454 e. The second kappa shape index (κ2) is 10.6. The van der Waals surface area contributed by atoms with Crippen LogP contribution < -0.4 is 5.32 Å². The van der Waals surface area contributed by atoms with Gasteiger partial charge in [0, 0.05) is 32.1 Å². The number of unbranched alkanes of at least 4 members (excludes halogenated alkanes) is 2. The van der Waals surface area contributed by atoms with Gasteiger partial charge in [-0.2, -0.15) is 0 Å². The predicted molar refractivity (Wildman–Crippen MR) is 125 cm³/mol. The molecule has 2 fully saturated rings. The third-order valence-corrected chi connectivity index (χ3v) is 6.80. The molecule has 2 saturated heterocycles. The Labute approximate surface area is 194 Å². The van der Waals surface area contributed by atoms with E-state index in [2.05, 4.69) is 22.1 Å². The van der Waals surface area contributed by atoms with Gasteiger partial charge in [0.25, 0.3) is 0 Å². The third kappa shape index (κ3) is 5.56. The summed E-state index contributed by atoms with van der Waals surface area (Å²) in [5.74, 6) is 1.57. The minimum atomic E-state index is -0.476.